The number of ketones is 1. The number of carboxylic acid groups (broad SMARTS) is 1. The van der Waals surface area contributed by atoms with Crippen LogP contribution in [-0.2, 0) is 19.1 Å². The molecule has 18 heavy (non-hydrogen) atoms. The van der Waals surface area contributed by atoms with Crippen molar-refractivity contribution in [2.45, 2.75) is 38.4 Å². The number of carbonyl (C=O) groups excluding carboxylic acids is 1. The second kappa shape index (κ2) is 3.65. The standard InChI is InChI=1S/C13H16O5/c1-12-4-3-9(14)10(11(15)16)8(12)2-5-13(12)17-6-7-18-13/h2-7H2,1H3,(H,15,16)/t12-/m1/s1. The maximum Gasteiger partial charge on any atom is 0.339 e. The largest absolute Gasteiger partial charge is 0.478 e. The van der Waals surface area contributed by atoms with E-state index >= 15 is 0 Å². The minimum atomic E-state index is -1.11. The fraction of sp³-hybridized carbons (Fsp3) is 0.692. The van der Waals surface area contributed by atoms with Crippen molar-refractivity contribution in [1.82, 2.24) is 0 Å². The summed E-state index contributed by atoms with van der Waals surface area (Å²) < 4.78 is 11.6. The van der Waals surface area contributed by atoms with Crippen LogP contribution in [0.4, 0.5) is 0 Å². The Morgan fingerprint density at radius 1 is 1.22 bits per heavy atom. The summed E-state index contributed by atoms with van der Waals surface area (Å²) in [6.07, 6.45) is 2.08. The highest BCUT2D eigenvalue weighted by Gasteiger charge is 2.61. The van der Waals surface area contributed by atoms with Crippen LogP contribution in [0.5, 0.6) is 0 Å². The van der Waals surface area contributed by atoms with Gasteiger partial charge in [0, 0.05) is 18.3 Å². The summed E-state index contributed by atoms with van der Waals surface area (Å²) in [5, 5.41) is 9.24. The molecule has 0 radical (unpaired) electrons. The molecule has 1 N–H and O–H groups in total. The molecule has 0 aromatic rings. The lowest BCUT2D eigenvalue weighted by molar-refractivity contribution is -0.211. The van der Waals surface area contributed by atoms with Crippen LogP contribution in [0.3, 0.4) is 0 Å². The van der Waals surface area contributed by atoms with Crippen molar-refractivity contribution < 1.29 is 24.2 Å². The van der Waals surface area contributed by atoms with Gasteiger partial charge in [-0.25, -0.2) is 4.79 Å². The van der Waals surface area contributed by atoms with Crippen LogP contribution in [0.2, 0.25) is 0 Å². The minimum absolute atomic E-state index is 0.0280. The summed E-state index contributed by atoms with van der Waals surface area (Å²) >= 11 is 0. The monoisotopic (exact) mass is 252 g/mol. The average molecular weight is 252 g/mol. The Balaban J connectivity index is 2.14. The van der Waals surface area contributed by atoms with Crippen molar-refractivity contribution in [2.75, 3.05) is 13.2 Å². The lowest BCUT2D eigenvalue weighted by Gasteiger charge is -2.42. The van der Waals surface area contributed by atoms with Crippen molar-refractivity contribution in [2.24, 2.45) is 5.41 Å². The zero-order valence-electron chi connectivity index (χ0n) is 10.3. The highest BCUT2D eigenvalue weighted by Crippen LogP contribution is 2.59. The molecule has 5 nitrogen and oxygen atoms in total. The molecular formula is C13H16O5. The van der Waals surface area contributed by atoms with Crippen LogP contribution in [0, 0.1) is 5.41 Å². The van der Waals surface area contributed by atoms with Gasteiger partial charge in [-0.1, -0.05) is 6.92 Å². The fourth-order valence-corrected chi connectivity index (χ4v) is 3.64. The van der Waals surface area contributed by atoms with Gasteiger partial charge in [-0.05, 0) is 18.4 Å². The zero-order valence-corrected chi connectivity index (χ0v) is 10.3. The molecule has 2 aliphatic carbocycles. The third-order valence-electron chi connectivity index (χ3n) is 4.61. The number of rotatable bonds is 1. The molecule has 1 saturated carbocycles. The first-order chi connectivity index (χ1) is 8.50. The van der Waals surface area contributed by atoms with E-state index in [0.29, 0.717) is 38.0 Å². The van der Waals surface area contributed by atoms with E-state index in [-0.39, 0.29) is 17.8 Å². The second-order valence-electron chi connectivity index (χ2n) is 5.36. The molecule has 0 bridgehead atoms. The van der Waals surface area contributed by atoms with Crippen LogP contribution >= 0.6 is 0 Å². The molecule has 98 valence electrons. The highest BCUT2D eigenvalue weighted by atomic mass is 16.7. The van der Waals surface area contributed by atoms with E-state index < -0.39 is 17.2 Å². The van der Waals surface area contributed by atoms with Crippen LogP contribution in [-0.4, -0.2) is 35.9 Å². The molecule has 1 atom stereocenters. The number of carboxylic acids is 1. The van der Waals surface area contributed by atoms with E-state index in [4.69, 9.17) is 9.47 Å². The number of Topliss-reactive ketones (excluding diaryl/α,β-unsaturated/α-hetero) is 1. The number of ether oxygens (including phenoxy) is 2. The maximum absolute atomic E-state index is 11.8. The van der Waals surface area contributed by atoms with Crippen LogP contribution < -0.4 is 0 Å². The molecule has 3 rings (SSSR count). The Labute approximate surface area is 105 Å². The van der Waals surface area contributed by atoms with Crippen LogP contribution in [0.15, 0.2) is 11.1 Å². The maximum atomic E-state index is 11.8. The van der Waals surface area contributed by atoms with Gasteiger partial charge in [-0.3, -0.25) is 4.79 Å². The summed E-state index contributed by atoms with van der Waals surface area (Å²) in [5.41, 5.74) is 0.221. The second-order valence-corrected chi connectivity index (χ2v) is 5.36. The summed E-state index contributed by atoms with van der Waals surface area (Å²) in [6, 6.07) is 0. The third-order valence-corrected chi connectivity index (χ3v) is 4.61. The fourth-order valence-electron chi connectivity index (χ4n) is 3.64. The predicted octanol–water partition coefficient (Wildman–Crippen LogP) is 1.27. The first-order valence-corrected chi connectivity index (χ1v) is 6.28. The molecule has 1 spiro atoms. The van der Waals surface area contributed by atoms with Gasteiger partial charge < -0.3 is 14.6 Å². The van der Waals surface area contributed by atoms with E-state index in [1.807, 2.05) is 6.92 Å². The van der Waals surface area contributed by atoms with Crippen LogP contribution in [0.25, 0.3) is 0 Å². The topological polar surface area (TPSA) is 72.8 Å². The molecule has 1 saturated heterocycles. The van der Waals surface area contributed by atoms with E-state index in [1.54, 1.807) is 0 Å². The molecule has 3 aliphatic rings. The zero-order chi connectivity index (χ0) is 13.0. The summed E-state index contributed by atoms with van der Waals surface area (Å²) in [6.45, 7) is 3.05. The Hall–Kier alpha value is -1.20. The normalized spacial score (nSPS) is 34.2. The summed E-state index contributed by atoms with van der Waals surface area (Å²) in [5.74, 6) is -2.08. The predicted molar refractivity (Wildman–Crippen MR) is 60.9 cm³/mol. The molecule has 1 aliphatic heterocycles. The minimum Gasteiger partial charge on any atom is -0.478 e. The molecule has 5 heteroatoms. The van der Waals surface area contributed by atoms with Crippen molar-refractivity contribution in [3.05, 3.63) is 11.1 Å². The lowest BCUT2D eigenvalue weighted by atomic mass is 9.69. The summed E-state index contributed by atoms with van der Waals surface area (Å²) in [4.78, 5) is 23.1. The molecule has 1 heterocycles. The first-order valence-electron chi connectivity index (χ1n) is 6.28. The van der Waals surface area contributed by atoms with Gasteiger partial charge in [0.25, 0.3) is 0 Å². The van der Waals surface area contributed by atoms with E-state index in [9.17, 15) is 14.7 Å². The number of hydrogen-bond acceptors (Lipinski definition) is 4. The van der Waals surface area contributed by atoms with Gasteiger partial charge in [0.05, 0.1) is 13.2 Å². The third kappa shape index (κ3) is 1.29. The number of carbonyl (C=O) groups is 2. The Morgan fingerprint density at radius 3 is 2.50 bits per heavy atom. The van der Waals surface area contributed by atoms with E-state index in [2.05, 4.69) is 0 Å². The van der Waals surface area contributed by atoms with Gasteiger partial charge in [-0.15, -0.1) is 0 Å². The number of hydrogen-bond donors (Lipinski definition) is 1. The number of aliphatic carboxylic acids is 1. The Kier molecular flexibility index (Phi) is 2.40. The average Bonchev–Trinajstić information content (AvgIpc) is 2.89. The van der Waals surface area contributed by atoms with Gasteiger partial charge in [-0.2, -0.15) is 0 Å². The molecule has 0 aromatic carbocycles. The smallest absolute Gasteiger partial charge is 0.339 e. The Bertz CT molecular complexity index is 458. The van der Waals surface area contributed by atoms with Gasteiger partial charge in [0.1, 0.15) is 5.57 Å². The van der Waals surface area contributed by atoms with Crippen molar-refractivity contribution in [1.29, 1.82) is 0 Å². The molecular weight excluding hydrogens is 236 g/mol. The summed E-state index contributed by atoms with van der Waals surface area (Å²) in [7, 11) is 0. The van der Waals surface area contributed by atoms with Gasteiger partial charge >= 0.3 is 5.97 Å². The Morgan fingerprint density at radius 2 is 1.89 bits per heavy atom. The van der Waals surface area contributed by atoms with Crippen molar-refractivity contribution >= 4 is 11.8 Å². The first kappa shape index (κ1) is 11.9. The highest BCUT2D eigenvalue weighted by molar-refractivity contribution is 6.18. The van der Waals surface area contributed by atoms with Crippen molar-refractivity contribution in [3.8, 4) is 0 Å². The van der Waals surface area contributed by atoms with E-state index in [0.717, 1.165) is 0 Å². The molecule has 2 fully saturated rings. The molecule has 0 unspecified atom stereocenters. The number of fused-ring (bicyclic) bond motifs is 2. The molecule has 0 amide bonds. The van der Waals surface area contributed by atoms with Gasteiger partial charge in [0.15, 0.2) is 11.6 Å². The van der Waals surface area contributed by atoms with Gasteiger partial charge in [0.2, 0.25) is 0 Å². The quantitative estimate of drug-likeness (QED) is 0.711. The lowest BCUT2D eigenvalue weighted by Crippen LogP contribution is -2.46. The molecule has 0 aromatic heterocycles. The SMILES string of the molecule is C[C@@]12CCC(=O)C(C(=O)O)=C1CCC21OCCO1. The van der Waals surface area contributed by atoms with Crippen LogP contribution in [0.1, 0.15) is 32.6 Å². The van der Waals surface area contributed by atoms with E-state index in [1.165, 1.54) is 0 Å². The van der Waals surface area contributed by atoms with Crippen molar-refractivity contribution in [3.63, 3.8) is 0 Å².